The van der Waals surface area contributed by atoms with Crippen LogP contribution >= 0.6 is 11.3 Å². The number of benzene rings is 3. The van der Waals surface area contributed by atoms with Crippen LogP contribution in [0.25, 0.3) is 10.2 Å². The van der Waals surface area contributed by atoms with Gasteiger partial charge in [-0.25, -0.2) is 13.4 Å². The number of carbonyl (C=O) groups is 1. The van der Waals surface area contributed by atoms with Gasteiger partial charge in [0, 0.05) is 24.7 Å². The molecule has 0 fully saturated rings. The van der Waals surface area contributed by atoms with E-state index < -0.39 is 20.9 Å². The Morgan fingerprint density at radius 1 is 1.14 bits per heavy atom. The summed E-state index contributed by atoms with van der Waals surface area (Å²) in [5.74, 6) is -0.260. The number of thiazole rings is 1. The van der Waals surface area contributed by atoms with E-state index in [0.717, 1.165) is 22.5 Å². The lowest BCUT2D eigenvalue weighted by Crippen LogP contribution is -2.35. The van der Waals surface area contributed by atoms with Crippen molar-refractivity contribution in [1.82, 2.24) is 9.29 Å². The van der Waals surface area contributed by atoms with E-state index in [4.69, 9.17) is 4.74 Å². The molecule has 2 heterocycles. The summed E-state index contributed by atoms with van der Waals surface area (Å²) >= 11 is 1.07. The fraction of sp³-hybridized carbons (Fsp3) is 0.167. The van der Waals surface area contributed by atoms with E-state index in [1.807, 2.05) is 24.3 Å². The van der Waals surface area contributed by atoms with Gasteiger partial charge in [-0.3, -0.25) is 20.2 Å². The molecule has 184 valence electrons. The van der Waals surface area contributed by atoms with Crippen LogP contribution in [0.3, 0.4) is 0 Å². The Balaban J connectivity index is 1.33. The zero-order chi connectivity index (χ0) is 25.4. The summed E-state index contributed by atoms with van der Waals surface area (Å²) in [7, 11) is -2.34. The number of ether oxygens (including phenoxy) is 1. The highest BCUT2D eigenvalue weighted by atomic mass is 32.2. The Bertz CT molecular complexity index is 1600. The number of carbonyl (C=O) groups excluding carboxylic acids is 1. The molecule has 0 spiro atoms. The van der Waals surface area contributed by atoms with E-state index in [-0.39, 0.29) is 27.0 Å². The number of methoxy groups -OCH3 is 1. The lowest BCUT2D eigenvalue weighted by Gasteiger charge is -2.28. The van der Waals surface area contributed by atoms with E-state index >= 15 is 0 Å². The molecule has 5 rings (SSSR count). The first-order chi connectivity index (χ1) is 17.3. The predicted molar refractivity (Wildman–Crippen MR) is 135 cm³/mol. The first-order valence-corrected chi connectivity index (χ1v) is 13.1. The van der Waals surface area contributed by atoms with Crippen LogP contribution in [0.5, 0.6) is 5.75 Å². The molecule has 36 heavy (non-hydrogen) atoms. The maximum absolute atomic E-state index is 13.2. The number of anilines is 1. The minimum atomic E-state index is -3.72. The fourth-order valence-corrected chi connectivity index (χ4v) is 6.40. The highest BCUT2D eigenvalue weighted by Gasteiger charge is 2.28. The van der Waals surface area contributed by atoms with Crippen LogP contribution in [0.2, 0.25) is 0 Å². The highest BCUT2D eigenvalue weighted by Crippen LogP contribution is 2.36. The van der Waals surface area contributed by atoms with E-state index in [9.17, 15) is 23.3 Å². The van der Waals surface area contributed by atoms with Crippen molar-refractivity contribution in [3.63, 3.8) is 0 Å². The van der Waals surface area contributed by atoms with E-state index in [2.05, 4.69) is 10.3 Å². The molecule has 12 heteroatoms. The smallest absolute Gasteiger partial charge is 0.274 e. The third kappa shape index (κ3) is 4.41. The number of non-ortho nitro benzene ring substituents is 1. The van der Waals surface area contributed by atoms with Gasteiger partial charge in [0.15, 0.2) is 10.9 Å². The lowest BCUT2D eigenvalue weighted by molar-refractivity contribution is -0.384. The monoisotopic (exact) mass is 524 g/mol. The average Bonchev–Trinajstić information content (AvgIpc) is 3.30. The maximum atomic E-state index is 13.2. The number of aromatic nitrogens is 1. The summed E-state index contributed by atoms with van der Waals surface area (Å²) in [5, 5.41) is 14.1. The van der Waals surface area contributed by atoms with E-state index in [0.29, 0.717) is 29.7 Å². The zero-order valence-electron chi connectivity index (χ0n) is 19.0. The number of nitro groups is 1. The number of rotatable bonds is 6. The Kier molecular flexibility index (Phi) is 6.16. The van der Waals surface area contributed by atoms with Crippen LogP contribution in [0.4, 0.5) is 10.8 Å². The molecule has 1 aliphatic heterocycles. The van der Waals surface area contributed by atoms with Crippen molar-refractivity contribution in [2.24, 2.45) is 0 Å². The van der Waals surface area contributed by atoms with Gasteiger partial charge >= 0.3 is 0 Å². The molecule has 1 N–H and O–H groups in total. The third-order valence-electron chi connectivity index (χ3n) is 5.95. The fourth-order valence-electron chi connectivity index (χ4n) is 4.07. The van der Waals surface area contributed by atoms with E-state index in [1.165, 1.54) is 47.8 Å². The van der Waals surface area contributed by atoms with Gasteiger partial charge in [-0.1, -0.05) is 35.6 Å². The number of amides is 1. The number of nitrogens with zero attached hydrogens (tertiary/aromatic N) is 3. The molecular formula is C24H20N4O6S2. The van der Waals surface area contributed by atoms with Gasteiger partial charge in [-0.05, 0) is 41.8 Å². The number of hydrogen-bond acceptors (Lipinski definition) is 8. The van der Waals surface area contributed by atoms with Gasteiger partial charge < -0.3 is 4.74 Å². The molecule has 0 saturated carbocycles. The molecule has 1 aliphatic rings. The van der Waals surface area contributed by atoms with Crippen LogP contribution in [-0.4, -0.2) is 42.2 Å². The van der Waals surface area contributed by atoms with Gasteiger partial charge in [0.05, 0.1) is 27.7 Å². The first kappa shape index (κ1) is 23.9. The number of hydrogen-bond donors (Lipinski definition) is 1. The normalized spacial score (nSPS) is 13.8. The van der Waals surface area contributed by atoms with Gasteiger partial charge in [-0.2, -0.15) is 4.31 Å². The van der Waals surface area contributed by atoms with Gasteiger partial charge in [0.1, 0.15) is 5.52 Å². The SMILES string of the molecule is COc1cc([N+](=O)[O-])cc2sc(NC(=O)c3ccc(S(=O)(=O)N4CCc5ccccc5C4)cc3)nc12. The molecule has 0 radical (unpaired) electrons. The molecule has 3 aromatic carbocycles. The maximum Gasteiger partial charge on any atom is 0.274 e. The number of nitro benzene ring substituents is 1. The quantitative estimate of drug-likeness (QED) is 0.295. The van der Waals surface area contributed by atoms with E-state index in [1.54, 1.807) is 0 Å². The Hall–Kier alpha value is -3.87. The zero-order valence-corrected chi connectivity index (χ0v) is 20.6. The van der Waals surface area contributed by atoms with Gasteiger partial charge in [0.25, 0.3) is 11.6 Å². The van der Waals surface area contributed by atoms with Crippen LogP contribution in [0.15, 0.2) is 65.6 Å². The van der Waals surface area contributed by atoms with Crippen molar-refractivity contribution in [3.8, 4) is 5.75 Å². The summed E-state index contributed by atoms with van der Waals surface area (Å²) in [6, 6.07) is 16.1. The molecule has 0 unspecified atom stereocenters. The molecule has 4 aromatic rings. The summed E-state index contributed by atoms with van der Waals surface area (Å²) < 4.78 is 33.5. The second kappa shape index (κ2) is 9.30. The van der Waals surface area contributed by atoms with Crippen molar-refractivity contribution < 1.29 is 22.9 Å². The van der Waals surface area contributed by atoms with Gasteiger partial charge in [-0.15, -0.1) is 0 Å². The second-order valence-electron chi connectivity index (χ2n) is 8.11. The molecular weight excluding hydrogens is 504 g/mol. The molecule has 0 aliphatic carbocycles. The standard InChI is InChI=1S/C24H20N4O6S2/c1-34-20-12-18(28(30)31)13-21-22(20)25-24(35-21)26-23(29)16-6-8-19(9-7-16)36(32,33)27-11-10-15-4-2-3-5-17(15)14-27/h2-9,12-13H,10-11,14H2,1H3,(H,25,26,29). The second-order valence-corrected chi connectivity index (χ2v) is 11.1. The summed E-state index contributed by atoms with van der Waals surface area (Å²) in [6.45, 7) is 0.695. The minimum absolute atomic E-state index is 0.107. The summed E-state index contributed by atoms with van der Waals surface area (Å²) in [4.78, 5) is 27.8. The number of nitrogens with one attached hydrogen (secondary N) is 1. The first-order valence-electron chi connectivity index (χ1n) is 10.9. The van der Waals surface area contributed by atoms with Crippen LogP contribution in [0, 0.1) is 10.1 Å². The summed E-state index contributed by atoms with van der Waals surface area (Å²) in [6.07, 6.45) is 0.645. The Labute approximate surface area is 210 Å². The topological polar surface area (TPSA) is 132 Å². The largest absolute Gasteiger partial charge is 0.494 e. The Morgan fingerprint density at radius 2 is 1.86 bits per heavy atom. The molecule has 0 atom stereocenters. The van der Waals surface area contributed by atoms with Crippen molar-refractivity contribution in [1.29, 1.82) is 0 Å². The number of sulfonamides is 1. The van der Waals surface area contributed by atoms with Crippen molar-refractivity contribution in [2.45, 2.75) is 17.9 Å². The average molecular weight is 525 g/mol. The molecule has 1 amide bonds. The van der Waals surface area contributed by atoms with Crippen molar-refractivity contribution in [3.05, 3.63) is 87.5 Å². The lowest BCUT2D eigenvalue weighted by atomic mass is 10.0. The van der Waals surface area contributed by atoms with Crippen LogP contribution in [0.1, 0.15) is 21.5 Å². The van der Waals surface area contributed by atoms with Gasteiger partial charge in [0.2, 0.25) is 10.0 Å². The predicted octanol–water partition coefficient (Wildman–Crippen LogP) is 4.21. The highest BCUT2D eigenvalue weighted by molar-refractivity contribution is 7.89. The summed E-state index contributed by atoms with van der Waals surface area (Å²) in [5.41, 5.74) is 2.64. The van der Waals surface area contributed by atoms with Crippen molar-refractivity contribution in [2.75, 3.05) is 19.0 Å². The van der Waals surface area contributed by atoms with Crippen LogP contribution in [-0.2, 0) is 23.0 Å². The Morgan fingerprint density at radius 3 is 2.56 bits per heavy atom. The van der Waals surface area contributed by atoms with Crippen molar-refractivity contribution >= 4 is 48.3 Å². The molecule has 0 saturated heterocycles. The molecule has 0 bridgehead atoms. The van der Waals surface area contributed by atoms with Crippen LogP contribution < -0.4 is 10.1 Å². The molecule has 1 aromatic heterocycles. The minimum Gasteiger partial charge on any atom is -0.494 e. The third-order valence-corrected chi connectivity index (χ3v) is 8.72. The molecule has 10 nitrogen and oxygen atoms in total. The number of fused-ring (bicyclic) bond motifs is 2.